The molecule has 0 aliphatic heterocycles. The van der Waals surface area contributed by atoms with Crippen LogP contribution in [0.2, 0.25) is 0 Å². The minimum absolute atomic E-state index is 0.00976. The molecule has 116 valence electrons. The Morgan fingerprint density at radius 3 is 2.55 bits per heavy atom. The third-order valence-electron chi connectivity index (χ3n) is 2.75. The number of hydrogen-bond acceptors (Lipinski definition) is 5. The highest BCUT2D eigenvalue weighted by Gasteiger charge is 2.03. The maximum absolute atomic E-state index is 11.5. The molecule has 0 aliphatic rings. The lowest BCUT2D eigenvalue weighted by atomic mass is 10.3. The minimum atomic E-state index is -0.149. The molecule has 1 heterocycles. The number of pyridine rings is 1. The van der Waals surface area contributed by atoms with E-state index in [2.05, 4.69) is 15.6 Å². The van der Waals surface area contributed by atoms with Gasteiger partial charge >= 0.3 is 0 Å². The number of carbonyl (C=O) groups is 1. The highest BCUT2D eigenvalue weighted by atomic mass is 16.5. The van der Waals surface area contributed by atoms with Gasteiger partial charge in [-0.25, -0.2) is 4.98 Å². The molecular formula is C16H19N3O3. The summed E-state index contributed by atoms with van der Waals surface area (Å²) in [5.74, 6) is 1.64. The first-order valence-corrected chi connectivity index (χ1v) is 7.01. The highest BCUT2D eigenvalue weighted by molar-refractivity contribution is 5.77. The van der Waals surface area contributed by atoms with Crippen molar-refractivity contribution in [2.24, 2.45) is 0 Å². The van der Waals surface area contributed by atoms with Gasteiger partial charge in [-0.3, -0.25) is 4.79 Å². The normalized spacial score (nSPS) is 10.0. The second-order valence-corrected chi connectivity index (χ2v) is 4.48. The fourth-order valence-corrected chi connectivity index (χ4v) is 1.66. The summed E-state index contributed by atoms with van der Waals surface area (Å²) in [6.07, 6.45) is 1.67. The van der Waals surface area contributed by atoms with Crippen LogP contribution in [-0.4, -0.2) is 37.6 Å². The molecule has 1 aromatic heterocycles. The zero-order valence-corrected chi connectivity index (χ0v) is 12.4. The van der Waals surface area contributed by atoms with Gasteiger partial charge in [0, 0.05) is 25.4 Å². The number of amides is 1. The van der Waals surface area contributed by atoms with E-state index in [9.17, 15) is 4.79 Å². The third-order valence-corrected chi connectivity index (χ3v) is 2.75. The van der Waals surface area contributed by atoms with Crippen molar-refractivity contribution in [2.75, 3.05) is 26.7 Å². The van der Waals surface area contributed by atoms with Gasteiger partial charge in [0.1, 0.15) is 11.5 Å². The first kappa shape index (κ1) is 15.8. The van der Waals surface area contributed by atoms with E-state index in [1.165, 1.54) is 0 Å². The summed E-state index contributed by atoms with van der Waals surface area (Å²) < 4.78 is 11.0. The van der Waals surface area contributed by atoms with E-state index in [-0.39, 0.29) is 12.5 Å². The Hall–Kier alpha value is -2.60. The average molecular weight is 301 g/mol. The molecule has 0 unspecified atom stereocenters. The zero-order chi connectivity index (χ0) is 15.6. The SMILES string of the molecule is CNCCNC(=O)COc1ccc(Oc2ccccn2)cc1. The van der Waals surface area contributed by atoms with Crippen molar-refractivity contribution >= 4 is 5.91 Å². The number of nitrogens with one attached hydrogen (secondary N) is 2. The molecule has 1 amide bonds. The van der Waals surface area contributed by atoms with E-state index < -0.39 is 0 Å². The van der Waals surface area contributed by atoms with Gasteiger partial charge in [-0.15, -0.1) is 0 Å². The fraction of sp³-hybridized carbons (Fsp3) is 0.250. The maximum atomic E-state index is 11.5. The molecule has 0 saturated heterocycles. The summed E-state index contributed by atoms with van der Waals surface area (Å²) in [6, 6.07) is 12.5. The van der Waals surface area contributed by atoms with Crippen LogP contribution in [0.15, 0.2) is 48.7 Å². The summed E-state index contributed by atoms with van der Waals surface area (Å²) >= 11 is 0. The summed E-state index contributed by atoms with van der Waals surface area (Å²) in [7, 11) is 1.83. The summed E-state index contributed by atoms with van der Waals surface area (Å²) in [5.41, 5.74) is 0. The van der Waals surface area contributed by atoms with Crippen molar-refractivity contribution in [2.45, 2.75) is 0 Å². The monoisotopic (exact) mass is 301 g/mol. The van der Waals surface area contributed by atoms with Crippen LogP contribution < -0.4 is 20.1 Å². The molecule has 0 radical (unpaired) electrons. The average Bonchev–Trinajstić information content (AvgIpc) is 2.55. The summed E-state index contributed by atoms with van der Waals surface area (Å²) in [6.45, 7) is 1.30. The van der Waals surface area contributed by atoms with E-state index in [0.717, 1.165) is 6.54 Å². The molecule has 22 heavy (non-hydrogen) atoms. The molecule has 0 aliphatic carbocycles. The molecular weight excluding hydrogens is 282 g/mol. The topological polar surface area (TPSA) is 72.5 Å². The lowest BCUT2D eigenvalue weighted by molar-refractivity contribution is -0.123. The molecule has 2 rings (SSSR count). The number of nitrogens with zero attached hydrogens (tertiary/aromatic N) is 1. The molecule has 1 aromatic carbocycles. The van der Waals surface area contributed by atoms with Crippen LogP contribution >= 0.6 is 0 Å². The van der Waals surface area contributed by atoms with Crippen molar-refractivity contribution in [3.05, 3.63) is 48.7 Å². The lowest BCUT2D eigenvalue weighted by Crippen LogP contribution is -2.33. The third kappa shape index (κ3) is 5.41. The predicted octanol–water partition coefficient (Wildman–Crippen LogP) is 1.59. The Morgan fingerprint density at radius 2 is 1.86 bits per heavy atom. The molecule has 0 bridgehead atoms. The predicted molar refractivity (Wildman–Crippen MR) is 83.2 cm³/mol. The largest absolute Gasteiger partial charge is 0.484 e. The van der Waals surface area contributed by atoms with Gasteiger partial charge < -0.3 is 20.1 Å². The van der Waals surface area contributed by atoms with Crippen molar-refractivity contribution < 1.29 is 14.3 Å². The number of hydrogen-bond donors (Lipinski definition) is 2. The van der Waals surface area contributed by atoms with Gasteiger partial charge in [-0.1, -0.05) is 6.07 Å². The number of aromatic nitrogens is 1. The molecule has 6 heteroatoms. The fourth-order valence-electron chi connectivity index (χ4n) is 1.66. The molecule has 0 fully saturated rings. The Morgan fingerprint density at radius 1 is 1.09 bits per heavy atom. The molecule has 2 N–H and O–H groups in total. The van der Waals surface area contributed by atoms with Gasteiger partial charge in [0.25, 0.3) is 5.91 Å². The van der Waals surface area contributed by atoms with E-state index in [1.54, 1.807) is 36.5 Å². The Bertz CT molecular complexity index is 573. The van der Waals surface area contributed by atoms with Crippen molar-refractivity contribution in [1.29, 1.82) is 0 Å². The van der Waals surface area contributed by atoms with Gasteiger partial charge in [0.2, 0.25) is 5.88 Å². The molecule has 0 atom stereocenters. The lowest BCUT2D eigenvalue weighted by Gasteiger charge is -2.08. The van der Waals surface area contributed by atoms with E-state index >= 15 is 0 Å². The molecule has 0 saturated carbocycles. The zero-order valence-electron chi connectivity index (χ0n) is 12.4. The van der Waals surface area contributed by atoms with Crippen molar-refractivity contribution in [3.63, 3.8) is 0 Å². The van der Waals surface area contributed by atoms with Crippen molar-refractivity contribution in [3.8, 4) is 17.4 Å². The molecule has 6 nitrogen and oxygen atoms in total. The van der Waals surface area contributed by atoms with E-state index in [1.807, 2.05) is 19.2 Å². The molecule has 2 aromatic rings. The number of likely N-dealkylation sites (N-methyl/N-ethyl adjacent to an activating group) is 1. The van der Waals surface area contributed by atoms with Crippen LogP contribution in [0.4, 0.5) is 0 Å². The number of benzene rings is 1. The van der Waals surface area contributed by atoms with Gasteiger partial charge in [0.05, 0.1) is 0 Å². The minimum Gasteiger partial charge on any atom is -0.484 e. The Balaban J connectivity index is 1.78. The first-order valence-electron chi connectivity index (χ1n) is 7.01. The highest BCUT2D eigenvalue weighted by Crippen LogP contribution is 2.21. The summed E-state index contributed by atoms with van der Waals surface area (Å²) in [4.78, 5) is 15.6. The van der Waals surface area contributed by atoms with E-state index in [4.69, 9.17) is 9.47 Å². The number of ether oxygens (including phenoxy) is 2. The van der Waals surface area contributed by atoms with Gasteiger partial charge in [-0.2, -0.15) is 0 Å². The van der Waals surface area contributed by atoms with Crippen LogP contribution in [0.3, 0.4) is 0 Å². The van der Waals surface area contributed by atoms with Crippen LogP contribution in [0.25, 0.3) is 0 Å². The summed E-state index contributed by atoms with van der Waals surface area (Å²) in [5, 5.41) is 5.69. The van der Waals surface area contributed by atoms with Gasteiger partial charge in [0.15, 0.2) is 6.61 Å². The maximum Gasteiger partial charge on any atom is 0.257 e. The standard InChI is InChI=1S/C16H19N3O3/c1-17-10-11-18-15(20)12-21-13-5-7-14(8-6-13)22-16-4-2-3-9-19-16/h2-9,17H,10-12H2,1H3,(H,18,20). The smallest absolute Gasteiger partial charge is 0.257 e. The second-order valence-electron chi connectivity index (χ2n) is 4.48. The van der Waals surface area contributed by atoms with Crippen LogP contribution in [0.1, 0.15) is 0 Å². The van der Waals surface area contributed by atoms with Gasteiger partial charge in [-0.05, 0) is 37.4 Å². The second kappa shape index (κ2) is 8.63. The van der Waals surface area contributed by atoms with Crippen LogP contribution in [0, 0.1) is 0 Å². The molecule has 0 spiro atoms. The first-order chi connectivity index (χ1) is 10.8. The van der Waals surface area contributed by atoms with Crippen molar-refractivity contribution in [1.82, 2.24) is 15.6 Å². The Kier molecular flexibility index (Phi) is 6.19. The number of carbonyl (C=O) groups excluding carboxylic acids is 1. The van der Waals surface area contributed by atoms with Crippen LogP contribution in [-0.2, 0) is 4.79 Å². The number of rotatable bonds is 8. The quantitative estimate of drug-likeness (QED) is 0.724. The van der Waals surface area contributed by atoms with Crippen LogP contribution in [0.5, 0.6) is 17.4 Å². The Labute approximate surface area is 129 Å². The van der Waals surface area contributed by atoms with E-state index in [0.29, 0.717) is 23.9 Å².